The predicted octanol–water partition coefficient (Wildman–Crippen LogP) is 2.77. The summed E-state index contributed by atoms with van der Waals surface area (Å²) in [5.74, 6) is -0.808. The molecule has 3 atom stereocenters. The lowest BCUT2D eigenvalue weighted by Gasteiger charge is -2.38. The van der Waals surface area contributed by atoms with Crippen molar-refractivity contribution in [1.29, 1.82) is 5.26 Å². The molecule has 1 saturated heterocycles. The van der Waals surface area contributed by atoms with Gasteiger partial charge in [0.1, 0.15) is 12.1 Å². The normalized spacial score (nSPS) is 21.2. The number of aromatic nitrogens is 1. The third-order valence-electron chi connectivity index (χ3n) is 4.61. The Balaban J connectivity index is 1.87. The monoisotopic (exact) mass is 392 g/mol. The van der Waals surface area contributed by atoms with Crippen LogP contribution in [0.2, 0.25) is 0 Å². The second-order valence-corrected chi connectivity index (χ2v) is 6.76. The summed E-state index contributed by atoms with van der Waals surface area (Å²) in [6, 6.07) is 7.09. The van der Waals surface area contributed by atoms with E-state index in [9.17, 15) is 23.2 Å². The Kier molecular flexibility index (Phi) is 5.42. The van der Waals surface area contributed by atoms with Gasteiger partial charge in [0, 0.05) is 23.8 Å². The number of hydrogen-bond acceptors (Lipinski definition) is 5. The Morgan fingerprint density at radius 3 is 2.82 bits per heavy atom. The Bertz CT molecular complexity index is 926. The molecule has 0 bridgehead atoms. The van der Waals surface area contributed by atoms with Gasteiger partial charge < -0.3 is 15.0 Å². The first-order valence-electron chi connectivity index (χ1n) is 8.76. The van der Waals surface area contributed by atoms with E-state index in [1.54, 1.807) is 31.3 Å². The van der Waals surface area contributed by atoms with Crippen LogP contribution in [-0.2, 0) is 9.53 Å². The minimum absolute atomic E-state index is 0.0939. The number of fused-ring (bicyclic) bond motifs is 1. The van der Waals surface area contributed by atoms with Gasteiger partial charge in [0.15, 0.2) is 6.10 Å². The fourth-order valence-corrected chi connectivity index (χ4v) is 3.20. The van der Waals surface area contributed by atoms with Crippen molar-refractivity contribution >= 4 is 22.5 Å². The molecule has 1 N–H and O–H groups in total. The Morgan fingerprint density at radius 1 is 1.39 bits per heavy atom. The van der Waals surface area contributed by atoms with E-state index in [2.05, 4.69) is 11.1 Å². The first-order chi connectivity index (χ1) is 13.2. The molecule has 1 unspecified atom stereocenters. The van der Waals surface area contributed by atoms with Gasteiger partial charge in [-0.15, -0.1) is 0 Å². The molecular weight excluding hydrogens is 373 g/mol. The van der Waals surface area contributed by atoms with E-state index in [0.29, 0.717) is 17.6 Å². The number of nitrogens with zero attached hydrogens (tertiary/aromatic N) is 3. The predicted molar refractivity (Wildman–Crippen MR) is 96.7 cm³/mol. The van der Waals surface area contributed by atoms with Crippen molar-refractivity contribution in [3.63, 3.8) is 0 Å². The van der Waals surface area contributed by atoms with Crippen molar-refractivity contribution in [1.82, 2.24) is 10.3 Å². The summed E-state index contributed by atoms with van der Waals surface area (Å²) in [7, 11) is 0. The van der Waals surface area contributed by atoms with E-state index >= 15 is 0 Å². The van der Waals surface area contributed by atoms with Crippen LogP contribution < -0.4 is 10.2 Å². The second-order valence-electron chi connectivity index (χ2n) is 6.76. The smallest absolute Gasteiger partial charge is 0.365 e. The number of carbonyl (C=O) groups excluding carboxylic acids is 1. The molecule has 1 amide bonds. The largest absolute Gasteiger partial charge is 0.408 e. The van der Waals surface area contributed by atoms with E-state index in [0.717, 1.165) is 18.0 Å². The van der Waals surface area contributed by atoms with E-state index in [1.807, 2.05) is 16.3 Å². The highest BCUT2D eigenvalue weighted by Gasteiger charge is 2.39. The van der Waals surface area contributed by atoms with Gasteiger partial charge in [-0.2, -0.15) is 18.4 Å². The van der Waals surface area contributed by atoms with Crippen LogP contribution in [-0.4, -0.2) is 48.4 Å². The van der Waals surface area contributed by atoms with Gasteiger partial charge in [-0.25, -0.2) is 0 Å². The third kappa shape index (κ3) is 4.02. The maximum absolute atomic E-state index is 12.7. The van der Waals surface area contributed by atoms with Crippen LogP contribution >= 0.6 is 0 Å². The highest BCUT2D eigenvalue weighted by Crippen LogP contribution is 2.30. The average molecular weight is 392 g/mol. The number of halogens is 3. The molecular formula is C19H19F3N4O2. The summed E-state index contributed by atoms with van der Waals surface area (Å²) in [5.41, 5.74) is 1.71. The lowest BCUT2D eigenvalue weighted by Crippen LogP contribution is -2.55. The SMILES string of the molecule is CC(NC(=O)[C@H]1CN(c2ccc(C#N)c3ncccc23)C[C@@H](C)O1)C(F)(F)F. The van der Waals surface area contributed by atoms with Gasteiger partial charge in [-0.05, 0) is 38.1 Å². The van der Waals surface area contributed by atoms with E-state index in [1.165, 1.54) is 0 Å². The molecule has 1 fully saturated rings. The first kappa shape index (κ1) is 19.9. The summed E-state index contributed by atoms with van der Waals surface area (Å²) < 4.78 is 43.8. The average Bonchev–Trinajstić information content (AvgIpc) is 2.65. The van der Waals surface area contributed by atoms with Gasteiger partial charge in [-0.1, -0.05) is 0 Å². The van der Waals surface area contributed by atoms with Gasteiger partial charge in [0.2, 0.25) is 0 Å². The fraction of sp³-hybridized carbons (Fsp3) is 0.421. The molecule has 0 aliphatic carbocycles. The molecule has 148 valence electrons. The highest BCUT2D eigenvalue weighted by atomic mass is 19.4. The van der Waals surface area contributed by atoms with Crippen LogP contribution in [0.1, 0.15) is 19.4 Å². The van der Waals surface area contributed by atoms with Crippen LogP contribution in [0.4, 0.5) is 18.9 Å². The molecule has 0 radical (unpaired) electrons. The Hall–Kier alpha value is -2.86. The van der Waals surface area contributed by atoms with Crippen molar-refractivity contribution in [2.45, 2.75) is 38.3 Å². The van der Waals surface area contributed by atoms with E-state index < -0.39 is 24.2 Å². The minimum Gasteiger partial charge on any atom is -0.365 e. The molecule has 9 heteroatoms. The number of alkyl halides is 3. The third-order valence-corrected chi connectivity index (χ3v) is 4.61. The number of hydrogen-bond donors (Lipinski definition) is 1. The van der Waals surface area contributed by atoms with Crippen LogP contribution in [0.15, 0.2) is 30.5 Å². The lowest BCUT2D eigenvalue weighted by molar-refractivity contribution is -0.163. The first-order valence-corrected chi connectivity index (χ1v) is 8.76. The molecule has 0 spiro atoms. The number of morpholine rings is 1. The molecule has 2 aromatic rings. The standard InChI is InChI=1S/C19H19F3N4O2/c1-11-9-26(10-16(28-11)18(27)25-12(2)19(20,21)22)15-6-5-13(8-23)17-14(15)4-3-7-24-17/h3-7,11-12,16H,9-10H2,1-2H3,(H,25,27)/t11-,12?,16-/m1/s1. The second kappa shape index (κ2) is 7.64. The Labute approximate surface area is 159 Å². The maximum atomic E-state index is 12.7. The summed E-state index contributed by atoms with van der Waals surface area (Å²) in [4.78, 5) is 18.5. The van der Waals surface area contributed by atoms with Crippen molar-refractivity contribution in [2.75, 3.05) is 18.0 Å². The Morgan fingerprint density at radius 2 is 2.14 bits per heavy atom. The van der Waals surface area contributed by atoms with Gasteiger partial charge >= 0.3 is 6.18 Å². The van der Waals surface area contributed by atoms with Crippen LogP contribution in [0.5, 0.6) is 0 Å². The number of amides is 1. The zero-order chi connectivity index (χ0) is 20.5. The lowest BCUT2D eigenvalue weighted by atomic mass is 10.1. The highest BCUT2D eigenvalue weighted by molar-refractivity contribution is 5.95. The van der Waals surface area contributed by atoms with E-state index in [4.69, 9.17) is 4.74 Å². The van der Waals surface area contributed by atoms with Crippen molar-refractivity contribution in [3.8, 4) is 6.07 Å². The minimum atomic E-state index is -4.52. The number of anilines is 1. The zero-order valence-electron chi connectivity index (χ0n) is 15.3. The molecule has 1 aliphatic heterocycles. The van der Waals surface area contributed by atoms with Gasteiger partial charge in [-0.3, -0.25) is 9.78 Å². The molecule has 1 aliphatic rings. The van der Waals surface area contributed by atoms with Crippen molar-refractivity contribution in [2.24, 2.45) is 0 Å². The topological polar surface area (TPSA) is 78.3 Å². The number of benzene rings is 1. The van der Waals surface area contributed by atoms with Gasteiger partial charge in [0.05, 0.1) is 23.7 Å². The van der Waals surface area contributed by atoms with Crippen molar-refractivity contribution < 1.29 is 22.7 Å². The molecule has 1 aromatic heterocycles. The van der Waals surface area contributed by atoms with Crippen LogP contribution in [0, 0.1) is 11.3 Å². The molecule has 3 rings (SSSR count). The zero-order valence-corrected chi connectivity index (χ0v) is 15.3. The number of carbonyl (C=O) groups is 1. The quantitative estimate of drug-likeness (QED) is 0.869. The fourth-order valence-electron chi connectivity index (χ4n) is 3.20. The summed E-state index contributed by atoms with van der Waals surface area (Å²) in [5, 5.41) is 12.0. The summed E-state index contributed by atoms with van der Waals surface area (Å²) in [6.45, 7) is 3.19. The van der Waals surface area contributed by atoms with Crippen LogP contribution in [0.25, 0.3) is 10.9 Å². The maximum Gasteiger partial charge on any atom is 0.408 e. The number of nitrogens with one attached hydrogen (secondary N) is 1. The van der Waals surface area contributed by atoms with E-state index in [-0.39, 0.29) is 12.6 Å². The number of nitriles is 1. The molecule has 28 heavy (non-hydrogen) atoms. The molecule has 2 heterocycles. The molecule has 1 aromatic carbocycles. The number of pyridine rings is 1. The molecule has 6 nitrogen and oxygen atoms in total. The van der Waals surface area contributed by atoms with Gasteiger partial charge in [0.25, 0.3) is 5.91 Å². The summed E-state index contributed by atoms with van der Waals surface area (Å²) in [6.07, 6.45) is -4.35. The number of ether oxygens (including phenoxy) is 1. The number of rotatable bonds is 3. The molecule has 0 saturated carbocycles. The summed E-state index contributed by atoms with van der Waals surface area (Å²) >= 11 is 0. The van der Waals surface area contributed by atoms with Crippen LogP contribution in [0.3, 0.4) is 0 Å². The van der Waals surface area contributed by atoms with Crippen molar-refractivity contribution in [3.05, 3.63) is 36.0 Å².